The topological polar surface area (TPSA) is 80.8 Å². The Kier molecular flexibility index (Phi) is 4.27. The van der Waals surface area contributed by atoms with Crippen LogP contribution in [0.2, 0.25) is 0 Å². The van der Waals surface area contributed by atoms with Crippen molar-refractivity contribution < 1.29 is 19.1 Å². The quantitative estimate of drug-likeness (QED) is 0.908. The number of carbonyl (C=O) groups excluding carboxylic acids is 2. The summed E-state index contributed by atoms with van der Waals surface area (Å²) in [7, 11) is 0. The molecule has 0 bridgehead atoms. The van der Waals surface area contributed by atoms with Gasteiger partial charge < -0.3 is 19.7 Å². The number of hydrogen-bond donors (Lipinski definition) is 1. The van der Waals surface area contributed by atoms with E-state index in [9.17, 15) is 9.59 Å². The Balaban J connectivity index is 1.51. The molecule has 0 spiro atoms. The molecule has 130 valence electrons. The van der Waals surface area contributed by atoms with E-state index < -0.39 is 6.04 Å². The zero-order valence-electron chi connectivity index (χ0n) is 13.4. The number of hydrogen-bond acceptors (Lipinski definition) is 6. The predicted octanol–water partition coefficient (Wildman–Crippen LogP) is 2.16. The van der Waals surface area contributed by atoms with E-state index in [1.807, 2.05) is 0 Å². The van der Waals surface area contributed by atoms with Crippen molar-refractivity contribution in [2.45, 2.75) is 18.9 Å². The first-order valence-electron chi connectivity index (χ1n) is 8.13. The summed E-state index contributed by atoms with van der Waals surface area (Å²) in [6, 6.07) is 4.65. The molecular formula is C17H17N3O4S. The summed E-state index contributed by atoms with van der Waals surface area (Å²) in [6.45, 7) is 1.53. The van der Waals surface area contributed by atoms with Crippen LogP contribution < -0.4 is 14.8 Å². The minimum Gasteiger partial charge on any atom is -0.486 e. The highest BCUT2D eigenvalue weighted by Crippen LogP contribution is 2.32. The van der Waals surface area contributed by atoms with Crippen LogP contribution in [0.3, 0.4) is 0 Å². The molecule has 1 fully saturated rings. The van der Waals surface area contributed by atoms with Crippen molar-refractivity contribution in [3.63, 3.8) is 0 Å². The van der Waals surface area contributed by atoms with E-state index in [2.05, 4.69) is 10.3 Å². The van der Waals surface area contributed by atoms with E-state index in [0.29, 0.717) is 48.4 Å². The van der Waals surface area contributed by atoms with Crippen LogP contribution >= 0.6 is 11.3 Å². The highest BCUT2D eigenvalue weighted by atomic mass is 32.1. The number of nitrogens with zero attached hydrogens (tertiary/aromatic N) is 2. The fraction of sp³-hybridized carbons (Fsp3) is 0.353. The van der Waals surface area contributed by atoms with Crippen LogP contribution in [-0.4, -0.2) is 47.5 Å². The van der Waals surface area contributed by atoms with E-state index in [4.69, 9.17) is 9.47 Å². The minimum absolute atomic E-state index is 0.172. The van der Waals surface area contributed by atoms with Gasteiger partial charge in [-0.2, -0.15) is 0 Å². The molecule has 1 unspecified atom stereocenters. The maximum absolute atomic E-state index is 12.9. The second kappa shape index (κ2) is 6.72. The second-order valence-corrected chi connectivity index (χ2v) is 6.74. The molecule has 2 aliphatic rings. The summed E-state index contributed by atoms with van der Waals surface area (Å²) in [5.74, 6) is 0.842. The monoisotopic (exact) mass is 359 g/mol. The molecule has 4 rings (SSSR count). The summed E-state index contributed by atoms with van der Waals surface area (Å²) in [5.41, 5.74) is 0.498. The van der Waals surface area contributed by atoms with Crippen molar-refractivity contribution in [1.82, 2.24) is 9.88 Å². The largest absolute Gasteiger partial charge is 0.486 e. The first-order valence-corrected chi connectivity index (χ1v) is 9.01. The predicted molar refractivity (Wildman–Crippen MR) is 92.2 cm³/mol. The van der Waals surface area contributed by atoms with Gasteiger partial charge in [0.1, 0.15) is 19.3 Å². The fourth-order valence-electron chi connectivity index (χ4n) is 3.10. The van der Waals surface area contributed by atoms with Gasteiger partial charge in [-0.15, -0.1) is 11.3 Å². The van der Waals surface area contributed by atoms with Crippen molar-refractivity contribution in [3.05, 3.63) is 35.3 Å². The zero-order chi connectivity index (χ0) is 17.2. The molecule has 1 aromatic heterocycles. The van der Waals surface area contributed by atoms with Gasteiger partial charge in [0.05, 0.1) is 0 Å². The highest BCUT2D eigenvalue weighted by molar-refractivity contribution is 7.13. The number of anilines is 1. The lowest BCUT2D eigenvalue weighted by Crippen LogP contribution is -2.43. The summed E-state index contributed by atoms with van der Waals surface area (Å²) >= 11 is 1.35. The maximum Gasteiger partial charge on any atom is 0.254 e. The third-order valence-electron chi connectivity index (χ3n) is 4.27. The van der Waals surface area contributed by atoms with E-state index in [-0.39, 0.29) is 11.8 Å². The van der Waals surface area contributed by atoms with Gasteiger partial charge >= 0.3 is 0 Å². The summed E-state index contributed by atoms with van der Waals surface area (Å²) < 4.78 is 11.0. The van der Waals surface area contributed by atoms with Gasteiger partial charge in [0.15, 0.2) is 16.6 Å². The number of ether oxygens (including phenoxy) is 2. The Labute approximate surface area is 148 Å². The molecule has 0 saturated carbocycles. The van der Waals surface area contributed by atoms with Crippen molar-refractivity contribution in [1.29, 1.82) is 0 Å². The lowest BCUT2D eigenvalue weighted by molar-refractivity contribution is -0.119. The van der Waals surface area contributed by atoms with Gasteiger partial charge in [-0.3, -0.25) is 9.59 Å². The molecular weight excluding hydrogens is 342 g/mol. The zero-order valence-corrected chi connectivity index (χ0v) is 14.3. The lowest BCUT2D eigenvalue weighted by Gasteiger charge is -2.24. The highest BCUT2D eigenvalue weighted by Gasteiger charge is 2.35. The number of rotatable bonds is 3. The second-order valence-electron chi connectivity index (χ2n) is 5.84. The molecule has 0 aliphatic carbocycles. The number of carbonyl (C=O) groups is 2. The van der Waals surface area contributed by atoms with Crippen LogP contribution in [0.5, 0.6) is 11.5 Å². The molecule has 25 heavy (non-hydrogen) atoms. The van der Waals surface area contributed by atoms with Crippen LogP contribution in [-0.2, 0) is 4.79 Å². The maximum atomic E-state index is 12.9. The Morgan fingerprint density at radius 3 is 2.88 bits per heavy atom. The molecule has 1 aromatic carbocycles. The van der Waals surface area contributed by atoms with Crippen LogP contribution in [0.1, 0.15) is 23.2 Å². The van der Waals surface area contributed by atoms with Gasteiger partial charge in [0.25, 0.3) is 5.91 Å². The standard InChI is InChI=1S/C17H17N3O4S/c21-15(19-17-18-5-9-25-17)12-2-1-6-20(12)16(22)11-3-4-13-14(10-11)24-8-7-23-13/h3-5,9-10,12H,1-2,6-8H2,(H,18,19,21). The van der Waals surface area contributed by atoms with E-state index in [1.54, 1.807) is 34.7 Å². The van der Waals surface area contributed by atoms with Crippen molar-refractivity contribution in [2.24, 2.45) is 0 Å². The first kappa shape index (κ1) is 15.9. The number of nitrogens with one attached hydrogen (secondary N) is 1. The fourth-order valence-corrected chi connectivity index (χ4v) is 3.63. The van der Waals surface area contributed by atoms with E-state index in [1.165, 1.54) is 11.3 Å². The Bertz CT molecular complexity index is 793. The molecule has 1 saturated heterocycles. The van der Waals surface area contributed by atoms with Gasteiger partial charge in [0, 0.05) is 23.7 Å². The molecule has 8 heteroatoms. The van der Waals surface area contributed by atoms with Crippen LogP contribution in [0.4, 0.5) is 5.13 Å². The molecule has 1 N–H and O–H groups in total. The molecule has 2 aromatic rings. The van der Waals surface area contributed by atoms with Crippen LogP contribution in [0, 0.1) is 0 Å². The van der Waals surface area contributed by atoms with Gasteiger partial charge in [0.2, 0.25) is 5.91 Å². The minimum atomic E-state index is -0.482. The normalized spacial score (nSPS) is 18.9. The van der Waals surface area contributed by atoms with Crippen molar-refractivity contribution in [3.8, 4) is 11.5 Å². The van der Waals surface area contributed by atoms with E-state index >= 15 is 0 Å². The number of fused-ring (bicyclic) bond motifs is 1. The van der Waals surface area contributed by atoms with Gasteiger partial charge in [-0.05, 0) is 31.0 Å². The summed E-state index contributed by atoms with van der Waals surface area (Å²) in [4.78, 5) is 31.1. The number of likely N-dealkylation sites (tertiary alicyclic amines) is 1. The molecule has 0 radical (unpaired) electrons. The molecule has 3 heterocycles. The molecule has 7 nitrogen and oxygen atoms in total. The van der Waals surface area contributed by atoms with Gasteiger partial charge in [-0.1, -0.05) is 0 Å². The Hall–Kier alpha value is -2.61. The first-order chi connectivity index (χ1) is 12.2. The van der Waals surface area contributed by atoms with Crippen molar-refractivity contribution in [2.75, 3.05) is 25.1 Å². The van der Waals surface area contributed by atoms with Crippen LogP contribution in [0.15, 0.2) is 29.8 Å². The molecule has 2 aliphatic heterocycles. The lowest BCUT2D eigenvalue weighted by atomic mass is 10.1. The average Bonchev–Trinajstić information content (AvgIpc) is 3.32. The number of benzene rings is 1. The number of aromatic nitrogens is 1. The third kappa shape index (κ3) is 3.17. The number of amides is 2. The SMILES string of the molecule is O=C(Nc1nccs1)C1CCCN1C(=O)c1ccc2c(c1)OCCO2. The van der Waals surface area contributed by atoms with Gasteiger partial charge in [-0.25, -0.2) is 4.98 Å². The summed E-state index contributed by atoms with van der Waals surface area (Å²) in [6.07, 6.45) is 3.08. The molecule has 1 atom stereocenters. The number of thiazole rings is 1. The Morgan fingerprint density at radius 1 is 1.24 bits per heavy atom. The van der Waals surface area contributed by atoms with Crippen LogP contribution in [0.25, 0.3) is 0 Å². The van der Waals surface area contributed by atoms with E-state index in [0.717, 1.165) is 6.42 Å². The third-order valence-corrected chi connectivity index (χ3v) is 4.96. The summed E-state index contributed by atoms with van der Waals surface area (Å²) in [5, 5.41) is 5.12. The Morgan fingerprint density at radius 2 is 2.08 bits per heavy atom. The average molecular weight is 359 g/mol. The smallest absolute Gasteiger partial charge is 0.254 e. The molecule has 2 amide bonds. The van der Waals surface area contributed by atoms with Crippen molar-refractivity contribution >= 4 is 28.3 Å².